The van der Waals surface area contributed by atoms with Crippen molar-refractivity contribution in [2.45, 2.75) is 26.2 Å². The summed E-state index contributed by atoms with van der Waals surface area (Å²) < 4.78 is 28.0. The normalized spacial score (nSPS) is 23.5. The summed E-state index contributed by atoms with van der Waals surface area (Å²) in [7, 11) is -2.92. The van der Waals surface area contributed by atoms with Crippen LogP contribution in [0, 0.1) is 5.92 Å². The fourth-order valence-electron chi connectivity index (χ4n) is 2.24. The molecule has 2 rings (SSSR count). The van der Waals surface area contributed by atoms with Gasteiger partial charge >= 0.3 is 0 Å². The van der Waals surface area contributed by atoms with Crippen molar-refractivity contribution in [3.05, 3.63) is 17.5 Å². The van der Waals surface area contributed by atoms with Gasteiger partial charge in [0.05, 0.1) is 23.3 Å². The number of ketones is 1. The van der Waals surface area contributed by atoms with E-state index in [4.69, 9.17) is 4.52 Å². The zero-order valence-corrected chi connectivity index (χ0v) is 10.5. The average Bonchev–Trinajstić information content (AvgIpc) is 2.64. The van der Waals surface area contributed by atoms with Gasteiger partial charge in [-0.25, -0.2) is 8.42 Å². The zero-order chi connectivity index (χ0) is 12.5. The SMILES string of the molecule is CC(=O)c1cnoc1CC1CCCS(=O)(=O)C1. The summed E-state index contributed by atoms with van der Waals surface area (Å²) in [6, 6.07) is 0. The first-order valence-corrected chi connectivity index (χ1v) is 7.45. The minimum Gasteiger partial charge on any atom is -0.361 e. The van der Waals surface area contributed by atoms with Crippen LogP contribution in [0.4, 0.5) is 0 Å². The van der Waals surface area contributed by atoms with E-state index in [0.29, 0.717) is 24.2 Å². The maximum Gasteiger partial charge on any atom is 0.164 e. The molecule has 1 aliphatic rings. The molecule has 1 fully saturated rings. The monoisotopic (exact) mass is 257 g/mol. The summed E-state index contributed by atoms with van der Waals surface area (Å²) in [5.74, 6) is 0.921. The Labute approximate surface area is 100 Å². The van der Waals surface area contributed by atoms with E-state index in [1.54, 1.807) is 0 Å². The molecule has 0 bridgehead atoms. The topological polar surface area (TPSA) is 77.2 Å². The Morgan fingerprint density at radius 1 is 1.59 bits per heavy atom. The maximum atomic E-state index is 11.5. The lowest BCUT2D eigenvalue weighted by atomic mass is 9.98. The predicted octanol–water partition coefficient (Wildman–Crippen LogP) is 1.24. The fraction of sp³-hybridized carbons (Fsp3) is 0.636. The van der Waals surface area contributed by atoms with E-state index >= 15 is 0 Å². The van der Waals surface area contributed by atoms with Crippen LogP contribution < -0.4 is 0 Å². The Hall–Kier alpha value is -1.17. The molecule has 94 valence electrons. The summed E-state index contributed by atoms with van der Waals surface area (Å²) in [5, 5.41) is 3.60. The highest BCUT2D eigenvalue weighted by Gasteiger charge is 2.27. The summed E-state index contributed by atoms with van der Waals surface area (Å²) in [5.41, 5.74) is 0.466. The van der Waals surface area contributed by atoms with Gasteiger partial charge in [0.1, 0.15) is 5.76 Å². The molecule has 6 heteroatoms. The first-order valence-electron chi connectivity index (χ1n) is 5.63. The van der Waals surface area contributed by atoms with Gasteiger partial charge in [0.2, 0.25) is 0 Å². The first kappa shape index (κ1) is 12.3. The Morgan fingerprint density at radius 2 is 2.35 bits per heavy atom. The molecule has 1 saturated heterocycles. The molecule has 0 aliphatic carbocycles. The third-order valence-electron chi connectivity index (χ3n) is 3.06. The van der Waals surface area contributed by atoms with Crippen molar-refractivity contribution < 1.29 is 17.7 Å². The number of Topliss-reactive ketones (excluding diaryl/α,β-unsaturated/α-hetero) is 1. The van der Waals surface area contributed by atoms with Gasteiger partial charge in [0, 0.05) is 6.42 Å². The van der Waals surface area contributed by atoms with Gasteiger partial charge in [0.25, 0.3) is 0 Å². The molecule has 0 N–H and O–H groups in total. The van der Waals surface area contributed by atoms with Gasteiger partial charge < -0.3 is 4.52 Å². The smallest absolute Gasteiger partial charge is 0.164 e. The average molecular weight is 257 g/mol. The standard InChI is InChI=1S/C11H15NO4S/c1-8(13)10-6-12-16-11(10)5-9-3-2-4-17(14,15)7-9/h6,9H,2-5,7H2,1H3. The van der Waals surface area contributed by atoms with Crippen LogP contribution in [0.25, 0.3) is 0 Å². The second-order valence-corrected chi connectivity index (χ2v) is 6.77. The Kier molecular flexibility index (Phi) is 3.33. The number of rotatable bonds is 3. The highest BCUT2D eigenvalue weighted by atomic mass is 32.2. The van der Waals surface area contributed by atoms with Crippen molar-refractivity contribution in [2.24, 2.45) is 5.92 Å². The quantitative estimate of drug-likeness (QED) is 0.761. The number of aromatic nitrogens is 1. The Morgan fingerprint density at radius 3 is 3.00 bits per heavy atom. The van der Waals surface area contributed by atoms with Gasteiger partial charge in [-0.05, 0) is 25.7 Å². The maximum absolute atomic E-state index is 11.5. The number of sulfone groups is 1. The van der Waals surface area contributed by atoms with Crippen LogP contribution in [0.2, 0.25) is 0 Å². The van der Waals surface area contributed by atoms with Crippen LogP contribution in [0.15, 0.2) is 10.7 Å². The number of hydrogen-bond donors (Lipinski definition) is 0. The van der Waals surface area contributed by atoms with E-state index in [1.807, 2.05) is 0 Å². The molecule has 1 unspecified atom stereocenters. The van der Waals surface area contributed by atoms with E-state index in [0.717, 1.165) is 6.42 Å². The molecule has 0 aromatic carbocycles. The second-order valence-electron chi connectivity index (χ2n) is 4.55. The molecule has 1 atom stereocenters. The van der Waals surface area contributed by atoms with Crippen molar-refractivity contribution in [1.29, 1.82) is 0 Å². The molecule has 17 heavy (non-hydrogen) atoms. The van der Waals surface area contributed by atoms with Crippen molar-refractivity contribution >= 4 is 15.6 Å². The molecule has 5 nitrogen and oxygen atoms in total. The molecule has 1 aromatic heterocycles. The molecule has 1 aliphatic heterocycles. The highest BCUT2D eigenvalue weighted by Crippen LogP contribution is 2.23. The van der Waals surface area contributed by atoms with Crippen LogP contribution in [0.5, 0.6) is 0 Å². The molecule has 0 spiro atoms. The lowest BCUT2D eigenvalue weighted by Gasteiger charge is -2.20. The van der Waals surface area contributed by atoms with Crippen LogP contribution in [-0.2, 0) is 16.3 Å². The third-order valence-corrected chi connectivity index (χ3v) is 4.95. The predicted molar refractivity (Wildman–Crippen MR) is 61.6 cm³/mol. The van der Waals surface area contributed by atoms with E-state index in [1.165, 1.54) is 13.1 Å². The van der Waals surface area contributed by atoms with Crippen molar-refractivity contribution in [3.63, 3.8) is 0 Å². The molecule has 1 aromatic rings. The summed E-state index contributed by atoms with van der Waals surface area (Å²) in [6.07, 6.45) is 3.43. The number of carbonyl (C=O) groups is 1. The van der Waals surface area contributed by atoms with Crippen LogP contribution in [0.3, 0.4) is 0 Å². The van der Waals surface area contributed by atoms with E-state index in [2.05, 4.69) is 5.16 Å². The Bertz CT molecular complexity index is 517. The van der Waals surface area contributed by atoms with E-state index < -0.39 is 9.84 Å². The van der Waals surface area contributed by atoms with E-state index in [-0.39, 0.29) is 23.2 Å². The number of carbonyl (C=O) groups excluding carboxylic acids is 1. The van der Waals surface area contributed by atoms with Crippen LogP contribution >= 0.6 is 0 Å². The van der Waals surface area contributed by atoms with Crippen molar-refractivity contribution in [2.75, 3.05) is 11.5 Å². The zero-order valence-electron chi connectivity index (χ0n) is 9.68. The lowest BCUT2D eigenvalue weighted by Crippen LogP contribution is -2.26. The van der Waals surface area contributed by atoms with Crippen molar-refractivity contribution in [1.82, 2.24) is 5.16 Å². The molecular weight excluding hydrogens is 242 g/mol. The third kappa shape index (κ3) is 2.94. The second kappa shape index (κ2) is 4.60. The highest BCUT2D eigenvalue weighted by molar-refractivity contribution is 7.91. The fourth-order valence-corrected chi connectivity index (χ4v) is 4.02. The molecular formula is C11H15NO4S. The first-order chi connectivity index (χ1) is 7.98. The van der Waals surface area contributed by atoms with Gasteiger partial charge in [-0.3, -0.25) is 4.79 Å². The van der Waals surface area contributed by atoms with Gasteiger partial charge in [-0.2, -0.15) is 0 Å². The molecule has 2 heterocycles. The van der Waals surface area contributed by atoms with Gasteiger partial charge in [0.15, 0.2) is 15.6 Å². The molecule has 0 amide bonds. The Balaban J connectivity index is 2.10. The largest absolute Gasteiger partial charge is 0.361 e. The van der Waals surface area contributed by atoms with Crippen molar-refractivity contribution in [3.8, 4) is 0 Å². The summed E-state index contributed by atoms with van der Waals surface area (Å²) in [4.78, 5) is 11.3. The number of nitrogens with zero attached hydrogens (tertiary/aromatic N) is 1. The minimum absolute atomic E-state index is 0.0415. The minimum atomic E-state index is -2.92. The summed E-state index contributed by atoms with van der Waals surface area (Å²) >= 11 is 0. The van der Waals surface area contributed by atoms with E-state index in [9.17, 15) is 13.2 Å². The van der Waals surface area contributed by atoms with Gasteiger partial charge in [-0.15, -0.1) is 0 Å². The van der Waals surface area contributed by atoms with Gasteiger partial charge in [-0.1, -0.05) is 5.16 Å². The van der Waals surface area contributed by atoms with Crippen LogP contribution in [-0.4, -0.2) is 30.9 Å². The van der Waals surface area contributed by atoms with Crippen LogP contribution in [0.1, 0.15) is 35.9 Å². The molecule has 0 saturated carbocycles. The number of hydrogen-bond acceptors (Lipinski definition) is 5. The summed E-state index contributed by atoms with van der Waals surface area (Å²) in [6.45, 7) is 1.45. The lowest BCUT2D eigenvalue weighted by molar-refractivity contribution is 0.101. The molecule has 0 radical (unpaired) electrons.